The quantitative estimate of drug-likeness (QED) is 0.798. The smallest absolute Gasteiger partial charge is 0.155 e. The highest BCUT2D eigenvalue weighted by molar-refractivity contribution is 8.03. The largest absolute Gasteiger partial charge is 0.335 e. The highest BCUT2D eigenvalue weighted by atomic mass is 32.2. The van der Waals surface area contributed by atoms with Gasteiger partial charge in [0.1, 0.15) is 0 Å². The Balaban J connectivity index is 2.03. The SMILES string of the molecule is CCN1/C(=C/C(C)=O)Sc2ccc(-c3ccccn3)cc21. The van der Waals surface area contributed by atoms with Crippen molar-refractivity contribution in [3.05, 3.63) is 53.7 Å². The third kappa shape index (κ3) is 2.72. The molecule has 2 heterocycles. The van der Waals surface area contributed by atoms with E-state index in [-0.39, 0.29) is 5.78 Å². The van der Waals surface area contributed by atoms with Crippen LogP contribution in [-0.4, -0.2) is 17.3 Å². The maximum atomic E-state index is 11.4. The van der Waals surface area contributed by atoms with Crippen molar-refractivity contribution < 1.29 is 4.79 Å². The van der Waals surface area contributed by atoms with Gasteiger partial charge in [0.15, 0.2) is 5.78 Å². The third-order valence-corrected chi connectivity index (χ3v) is 4.45. The zero-order valence-corrected chi connectivity index (χ0v) is 12.9. The van der Waals surface area contributed by atoms with E-state index in [1.54, 1.807) is 31.0 Å². The van der Waals surface area contributed by atoms with Gasteiger partial charge >= 0.3 is 0 Å². The van der Waals surface area contributed by atoms with Crippen molar-refractivity contribution in [3.8, 4) is 11.3 Å². The first-order chi connectivity index (χ1) is 10.2. The van der Waals surface area contributed by atoms with Crippen molar-refractivity contribution in [2.24, 2.45) is 0 Å². The monoisotopic (exact) mass is 296 g/mol. The molecule has 0 radical (unpaired) electrons. The van der Waals surface area contributed by atoms with Crippen LogP contribution in [0, 0.1) is 0 Å². The number of thioether (sulfide) groups is 1. The maximum Gasteiger partial charge on any atom is 0.155 e. The van der Waals surface area contributed by atoms with Gasteiger partial charge in [0.25, 0.3) is 0 Å². The first-order valence-electron chi connectivity index (χ1n) is 6.92. The van der Waals surface area contributed by atoms with E-state index in [1.807, 2.05) is 18.2 Å². The molecule has 1 aliphatic heterocycles. The zero-order valence-electron chi connectivity index (χ0n) is 12.0. The van der Waals surface area contributed by atoms with Crippen molar-refractivity contribution in [3.63, 3.8) is 0 Å². The fourth-order valence-electron chi connectivity index (χ4n) is 2.40. The second-order valence-corrected chi connectivity index (χ2v) is 5.90. The number of ketones is 1. The molecule has 0 bridgehead atoms. The standard InChI is InChI=1S/C17H16N2OS/c1-3-19-15-11-13(14-6-4-5-9-18-14)7-8-16(15)21-17(19)10-12(2)20/h4-11H,3H2,1-2H3/b17-10-. The van der Waals surface area contributed by atoms with Gasteiger partial charge in [0, 0.05) is 29.3 Å². The average Bonchev–Trinajstić information content (AvgIpc) is 2.83. The van der Waals surface area contributed by atoms with Crippen molar-refractivity contribution in [1.82, 2.24) is 4.98 Å². The van der Waals surface area contributed by atoms with Gasteiger partial charge in [-0.2, -0.15) is 0 Å². The molecular weight excluding hydrogens is 280 g/mol. The number of nitrogens with zero attached hydrogens (tertiary/aromatic N) is 2. The van der Waals surface area contributed by atoms with Gasteiger partial charge in [-0.15, -0.1) is 0 Å². The lowest BCUT2D eigenvalue weighted by Gasteiger charge is -2.18. The van der Waals surface area contributed by atoms with Gasteiger partial charge in [0.05, 0.1) is 16.4 Å². The molecule has 4 heteroatoms. The Bertz CT molecular complexity index is 710. The van der Waals surface area contributed by atoms with Crippen LogP contribution in [0.4, 0.5) is 5.69 Å². The van der Waals surface area contributed by atoms with Gasteiger partial charge in [-0.1, -0.05) is 23.9 Å². The Hall–Kier alpha value is -2.07. The normalized spacial score (nSPS) is 15.3. The molecule has 21 heavy (non-hydrogen) atoms. The summed E-state index contributed by atoms with van der Waals surface area (Å²) in [7, 11) is 0. The summed E-state index contributed by atoms with van der Waals surface area (Å²) >= 11 is 1.65. The van der Waals surface area contributed by atoms with Crippen LogP contribution in [0.1, 0.15) is 13.8 Å². The number of benzene rings is 1. The molecule has 3 nitrogen and oxygen atoms in total. The predicted molar refractivity (Wildman–Crippen MR) is 87.3 cm³/mol. The fourth-order valence-corrected chi connectivity index (χ4v) is 3.60. The minimum Gasteiger partial charge on any atom is -0.335 e. The van der Waals surface area contributed by atoms with E-state index in [0.29, 0.717) is 0 Å². The minimum absolute atomic E-state index is 0.0775. The first-order valence-corrected chi connectivity index (χ1v) is 7.74. The Morgan fingerprint density at radius 3 is 2.86 bits per heavy atom. The van der Waals surface area contributed by atoms with Crippen molar-refractivity contribution in [2.75, 3.05) is 11.4 Å². The number of hydrogen-bond donors (Lipinski definition) is 0. The molecule has 0 unspecified atom stereocenters. The summed E-state index contributed by atoms with van der Waals surface area (Å²) in [6, 6.07) is 12.2. The van der Waals surface area contributed by atoms with E-state index < -0.39 is 0 Å². The fraction of sp³-hybridized carbons (Fsp3) is 0.176. The van der Waals surface area contributed by atoms with Crippen LogP contribution in [0.3, 0.4) is 0 Å². The van der Waals surface area contributed by atoms with Gasteiger partial charge < -0.3 is 4.90 Å². The van der Waals surface area contributed by atoms with Crippen molar-refractivity contribution in [2.45, 2.75) is 18.7 Å². The molecule has 3 rings (SSSR count). The molecule has 0 saturated carbocycles. The molecule has 0 atom stereocenters. The summed E-state index contributed by atoms with van der Waals surface area (Å²) in [4.78, 5) is 19.1. The summed E-state index contributed by atoms with van der Waals surface area (Å²) in [5.74, 6) is 0.0775. The van der Waals surface area contributed by atoms with Gasteiger partial charge in [0.2, 0.25) is 0 Å². The Labute approximate surface area is 128 Å². The van der Waals surface area contributed by atoms with Crippen LogP contribution in [0.2, 0.25) is 0 Å². The van der Waals surface area contributed by atoms with Crippen molar-refractivity contribution >= 4 is 23.2 Å². The van der Waals surface area contributed by atoms with Crippen LogP contribution in [-0.2, 0) is 4.79 Å². The topological polar surface area (TPSA) is 33.2 Å². The van der Waals surface area contributed by atoms with Gasteiger partial charge in [-0.05, 0) is 38.1 Å². The molecule has 0 saturated heterocycles. The first kappa shape index (κ1) is 13.9. The molecule has 1 aliphatic rings. The lowest BCUT2D eigenvalue weighted by atomic mass is 10.1. The number of aromatic nitrogens is 1. The summed E-state index contributed by atoms with van der Waals surface area (Å²) in [6.07, 6.45) is 3.50. The lowest BCUT2D eigenvalue weighted by Crippen LogP contribution is -2.17. The Morgan fingerprint density at radius 2 is 2.19 bits per heavy atom. The molecule has 0 amide bonds. The molecule has 1 aromatic carbocycles. The summed E-state index contributed by atoms with van der Waals surface area (Å²) in [6.45, 7) is 4.52. The number of fused-ring (bicyclic) bond motifs is 1. The highest BCUT2D eigenvalue weighted by Gasteiger charge is 2.24. The number of allylic oxidation sites excluding steroid dienone is 1. The van der Waals surface area contributed by atoms with E-state index >= 15 is 0 Å². The third-order valence-electron chi connectivity index (χ3n) is 3.33. The molecule has 1 aromatic heterocycles. The van der Waals surface area contributed by atoms with Crippen LogP contribution in [0.25, 0.3) is 11.3 Å². The van der Waals surface area contributed by atoms with Crippen LogP contribution < -0.4 is 4.90 Å². The number of carbonyl (C=O) groups excluding carboxylic acids is 1. The molecule has 0 fully saturated rings. The minimum atomic E-state index is 0.0775. The lowest BCUT2D eigenvalue weighted by molar-refractivity contribution is -0.112. The maximum absolute atomic E-state index is 11.4. The zero-order chi connectivity index (χ0) is 14.8. The molecular formula is C17H16N2OS. The van der Waals surface area contributed by atoms with Crippen LogP contribution >= 0.6 is 11.8 Å². The van der Waals surface area contributed by atoms with E-state index in [0.717, 1.165) is 28.5 Å². The summed E-state index contributed by atoms with van der Waals surface area (Å²) in [5, 5.41) is 0.998. The number of carbonyl (C=O) groups is 1. The molecule has 2 aromatic rings. The van der Waals surface area contributed by atoms with Crippen LogP contribution in [0.15, 0.2) is 58.6 Å². The van der Waals surface area contributed by atoms with Gasteiger partial charge in [-0.3, -0.25) is 9.78 Å². The molecule has 0 N–H and O–H groups in total. The molecule has 0 spiro atoms. The Morgan fingerprint density at radius 1 is 1.33 bits per heavy atom. The average molecular weight is 296 g/mol. The number of hydrogen-bond acceptors (Lipinski definition) is 4. The number of pyridine rings is 1. The van der Waals surface area contributed by atoms with E-state index in [1.165, 1.54) is 4.90 Å². The predicted octanol–water partition coefficient (Wildman–Crippen LogP) is 4.11. The van der Waals surface area contributed by atoms with E-state index in [4.69, 9.17) is 0 Å². The second-order valence-electron chi connectivity index (χ2n) is 4.84. The second kappa shape index (κ2) is 5.74. The summed E-state index contributed by atoms with van der Waals surface area (Å²) in [5.41, 5.74) is 3.21. The van der Waals surface area contributed by atoms with E-state index in [2.05, 4.69) is 35.0 Å². The number of anilines is 1. The van der Waals surface area contributed by atoms with Crippen LogP contribution in [0.5, 0.6) is 0 Å². The summed E-state index contributed by atoms with van der Waals surface area (Å²) < 4.78 is 0. The molecule has 106 valence electrons. The van der Waals surface area contributed by atoms with Crippen molar-refractivity contribution in [1.29, 1.82) is 0 Å². The molecule has 0 aliphatic carbocycles. The number of rotatable bonds is 3. The highest BCUT2D eigenvalue weighted by Crippen LogP contribution is 2.47. The van der Waals surface area contributed by atoms with Gasteiger partial charge in [-0.25, -0.2) is 0 Å². The Kier molecular flexibility index (Phi) is 3.80. The van der Waals surface area contributed by atoms with E-state index in [9.17, 15) is 4.79 Å².